The number of anilines is 1. The molecule has 0 unspecified atom stereocenters. The first-order valence-corrected chi connectivity index (χ1v) is 13.2. The van der Waals surface area contributed by atoms with Gasteiger partial charge >= 0.3 is 0 Å². The predicted molar refractivity (Wildman–Crippen MR) is 133 cm³/mol. The van der Waals surface area contributed by atoms with Crippen LogP contribution < -0.4 is 16.0 Å². The van der Waals surface area contributed by atoms with Gasteiger partial charge in [0.2, 0.25) is 11.8 Å². The number of carbonyl (C=O) groups is 2. The van der Waals surface area contributed by atoms with Crippen LogP contribution in [-0.2, 0) is 22.6 Å². The highest BCUT2D eigenvalue weighted by atomic mass is 32.1. The number of amides is 2. The van der Waals surface area contributed by atoms with E-state index in [1.165, 1.54) is 10.4 Å². The van der Waals surface area contributed by atoms with Crippen molar-refractivity contribution in [2.75, 3.05) is 38.0 Å². The summed E-state index contributed by atoms with van der Waals surface area (Å²) < 4.78 is 1.10. The van der Waals surface area contributed by atoms with Crippen LogP contribution in [0.4, 0.5) is 5.00 Å². The quantitative estimate of drug-likeness (QED) is 0.425. The monoisotopic (exact) mass is 484 g/mol. The van der Waals surface area contributed by atoms with Gasteiger partial charge in [-0.2, -0.15) is 0 Å². The number of carbonyl (C=O) groups excluding carboxylic acids is 2. The lowest BCUT2D eigenvalue weighted by Gasteiger charge is -2.26. The van der Waals surface area contributed by atoms with Gasteiger partial charge in [0.15, 0.2) is 0 Å². The second-order valence-electron chi connectivity index (χ2n) is 8.38. The topological polar surface area (TPSA) is 99.3 Å². The van der Waals surface area contributed by atoms with Crippen LogP contribution in [0.5, 0.6) is 0 Å². The largest absolute Gasteiger partial charge is 0.341 e. The van der Waals surface area contributed by atoms with Crippen LogP contribution in [0.25, 0.3) is 20.8 Å². The second kappa shape index (κ2) is 10.3. The van der Waals surface area contributed by atoms with Crippen molar-refractivity contribution < 1.29 is 9.59 Å². The molecular weight excluding hydrogens is 456 g/mol. The van der Waals surface area contributed by atoms with E-state index in [9.17, 15) is 9.59 Å². The predicted octanol–water partition coefficient (Wildman–Crippen LogP) is 3.00. The van der Waals surface area contributed by atoms with Crippen LogP contribution in [0.15, 0.2) is 18.5 Å². The molecule has 1 fully saturated rings. The molecule has 2 amide bonds. The number of thiazole rings is 1. The molecule has 3 N–H and O–H groups in total. The van der Waals surface area contributed by atoms with E-state index in [1.807, 2.05) is 11.0 Å². The number of fused-ring (bicyclic) bond motifs is 2. The van der Waals surface area contributed by atoms with E-state index in [1.54, 1.807) is 35.1 Å². The lowest BCUT2D eigenvalue weighted by Crippen LogP contribution is -2.40. The van der Waals surface area contributed by atoms with Gasteiger partial charge in [-0.3, -0.25) is 14.6 Å². The molecule has 0 spiro atoms. The van der Waals surface area contributed by atoms with Gasteiger partial charge in [0, 0.05) is 62.2 Å². The maximum Gasteiger partial charge on any atom is 0.226 e. The van der Waals surface area contributed by atoms with Crippen LogP contribution in [0.3, 0.4) is 0 Å². The maximum absolute atomic E-state index is 12.7. The number of aromatic nitrogens is 2. The number of likely N-dealkylation sites (tertiary alicyclic amines) is 1. The molecule has 33 heavy (non-hydrogen) atoms. The molecule has 1 saturated heterocycles. The zero-order chi connectivity index (χ0) is 22.6. The summed E-state index contributed by atoms with van der Waals surface area (Å²) in [7, 11) is 0. The molecule has 5 rings (SSSR count). The molecule has 0 bridgehead atoms. The number of hydrogen-bond acceptors (Lipinski definition) is 8. The molecule has 0 saturated carbocycles. The zero-order valence-electron chi connectivity index (χ0n) is 18.5. The van der Waals surface area contributed by atoms with Gasteiger partial charge in [0.1, 0.15) is 15.5 Å². The lowest BCUT2D eigenvalue weighted by molar-refractivity contribution is -0.133. The molecule has 0 radical (unpaired) electrons. The Morgan fingerprint density at radius 3 is 3.03 bits per heavy atom. The van der Waals surface area contributed by atoms with Crippen molar-refractivity contribution in [2.45, 2.75) is 38.6 Å². The summed E-state index contributed by atoms with van der Waals surface area (Å²) >= 11 is 3.30. The standard InChI is InChI=1S/C23H28N6O2S2/c30-19(6-9-24-10-12-29-11-2-1-3-20(29)31)28-23-21(15-4-7-26-14-18(15)33-23)22-27-16-13-25-8-5-17(16)32-22/h5,8,13,24,26H,1-4,6-7,9-12,14H2,(H,28,30). The van der Waals surface area contributed by atoms with Gasteiger partial charge in [-0.05, 0) is 37.4 Å². The van der Waals surface area contributed by atoms with E-state index >= 15 is 0 Å². The number of rotatable bonds is 8. The molecule has 174 valence electrons. The first-order chi connectivity index (χ1) is 16.2. The minimum absolute atomic E-state index is 0.00728. The van der Waals surface area contributed by atoms with E-state index in [4.69, 9.17) is 4.98 Å². The van der Waals surface area contributed by atoms with Crippen molar-refractivity contribution in [1.82, 2.24) is 25.5 Å². The number of piperidine rings is 1. The van der Waals surface area contributed by atoms with Crippen LogP contribution in [0, 0.1) is 0 Å². The summed E-state index contributed by atoms with van der Waals surface area (Å²) in [6.45, 7) is 4.61. The normalized spacial score (nSPS) is 16.2. The number of hydrogen-bond donors (Lipinski definition) is 3. The fraction of sp³-hybridized carbons (Fsp3) is 0.478. The molecule has 2 aliphatic heterocycles. The summed E-state index contributed by atoms with van der Waals surface area (Å²) in [4.78, 5) is 36.8. The highest BCUT2D eigenvalue weighted by Crippen LogP contribution is 2.44. The number of pyridine rings is 1. The molecule has 0 atom stereocenters. The van der Waals surface area contributed by atoms with Crippen LogP contribution in [-0.4, -0.2) is 59.4 Å². The lowest BCUT2D eigenvalue weighted by atomic mass is 10.0. The average molecular weight is 485 g/mol. The molecular formula is C23H28N6O2S2. The molecule has 0 aliphatic carbocycles. The molecule has 5 heterocycles. The number of nitrogens with zero attached hydrogens (tertiary/aromatic N) is 3. The smallest absolute Gasteiger partial charge is 0.226 e. The number of thiophene rings is 1. The SMILES string of the molecule is O=C(CCNCCN1CCCCC1=O)Nc1sc2c(c1-c1nc3cnccc3s1)CCNC2. The van der Waals surface area contributed by atoms with Crippen LogP contribution in [0.1, 0.15) is 36.1 Å². The Hall–Kier alpha value is -2.40. The van der Waals surface area contributed by atoms with Crippen molar-refractivity contribution in [3.63, 3.8) is 0 Å². The molecule has 3 aromatic rings. The maximum atomic E-state index is 12.7. The molecule has 10 heteroatoms. The van der Waals surface area contributed by atoms with Gasteiger partial charge < -0.3 is 20.9 Å². The fourth-order valence-electron chi connectivity index (χ4n) is 4.36. The Labute approximate surface area is 200 Å². The molecule has 0 aromatic carbocycles. The van der Waals surface area contributed by atoms with Gasteiger partial charge in [-0.15, -0.1) is 22.7 Å². The average Bonchev–Trinajstić information content (AvgIpc) is 3.40. The summed E-state index contributed by atoms with van der Waals surface area (Å²) in [5, 5.41) is 11.7. The first kappa shape index (κ1) is 22.4. The van der Waals surface area contributed by atoms with E-state index in [-0.39, 0.29) is 11.8 Å². The van der Waals surface area contributed by atoms with E-state index < -0.39 is 0 Å². The molecule has 3 aromatic heterocycles. The highest BCUT2D eigenvalue weighted by molar-refractivity contribution is 7.22. The van der Waals surface area contributed by atoms with Crippen molar-refractivity contribution in [3.8, 4) is 10.6 Å². The van der Waals surface area contributed by atoms with E-state index in [2.05, 4.69) is 20.9 Å². The highest BCUT2D eigenvalue weighted by Gasteiger charge is 2.25. The van der Waals surface area contributed by atoms with Crippen molar-refractivity contribution in [1.29, 1.82) is 0 Å². The Morgan fingerprint density at radius 1 is 1.21 bits per heavy atom. The zero-order valence-corrected chi connectivity index (χ0v) is 20.1. The minimum Gasteiger partial charge on any atom is -0.341 e. The van der Waals surface area contributed by atoms with E-state index in [0.717, 1.165) is 64.7 Å². The van der Waals surface area contributed by atoms with Crippen LogP contribution >= 0.6 is 22.7 Å². The third-order valence-electron chi connectivity index (χ3n) is 6.09. The first-order valence-electron chi connectivity index (χ1n) is 11.5. The minimum atomic E-state index is -0.00728. The van der Waals surface area contributed by atoms with Gasteiger partial charge in [0.25, 0.3) is 0 Å². The summed E-state index contributed by atoms with van der Waals surface area (Å²) in [6.07, 6.45) is 7.64. The molecule has 2 aliphatic rings. The summed E-state index contributed by atoms with van der Waals surface area (Å²) in [5.74, 6) is 0.238. The summed E-state index contributed by atoms with van der Waals surface area (Å²) in [6, 6.07) is 1.98. The van der Waals surface area contributed by atoms with E-state index in [0.29, 0.717) is 32.5 Å². The van der Waals surface area contributed by atoms with Crippen LogP contribution in [0.2, 0.25) is 0 Å². The van der Waals surface area contributed by atoms with Crippen molar-refractivity contribution in [3.05, 3.63) is 28.9 Å². The Kier molecular flexibility index (Phi) is 6.96. The Morgan fingerprint density at radius 2 is 2.15 bits per heavy atom. The number of nitrogens with one attached hydrogen (secondary N) is 3. The van der Waals surface area contributed by atoms with Crippen molar-refractivity contribution in [2.24, 2.45) is 0 Å². The fourth-order valence-corrected chi connectivity index (χ4v) is 6.68. The third kappa shape index (κ3) is 5.08. The Balaban J connectivity index is 1.22. The molecule has 8 nitrogen and oxygen atoms in total. The van der Waals surface area contributed by atoms with Crippen molar-refractivity contribution >= 4 is 49.7 Å². The van der Waals surface area contributed by atoms with Gasteiger partial charge in [-0.25, -0.2) is 4.98 Å². The summed E-state index contributed by atoms with van der Waals surface area (Å²) in [5.41, 5.74) is 3.26. The third-order valence-corrected chi connectivity index (χ3v) is 8.29. The van der Waals surface area contributed by atoms with Gasteiger partial charge in [0.05, 0.1) is 10.9 Å². The second-order valence-corrected chi connectivity index (χ2v) is 10.5. The van der Waals surface area contributed by atoms with Gasteiger partial charge in [-0.1, -0.05) is 0 Å². The Bertz CT molecular complexity index is 1120.